The standard InChI is InChI=1S/C22H20N2O2.C5H7NO/c1-3-7-18(8-4-1)15-25-17-21-13-20-11-12-24(22(20)14-23-21)26-16-19-9-5-2-6-10-19;6-4-5-2-1-3-7-5/h1-14H,15-17H2;5H,1-3H2. The van der Waals surface area contributed by atoms with E-state index in [9.17, 15) is 0 Å². The third-order valence-corrected chi connectivity index (χ3v) is 5.25. The second kappa shape index (κ2) is 11.8. The molecule has 1 saturated heterocycles. The van der Waals surface area contributed by atoms with Crippen molar-refractivity contribution < 1.29 is 14.3 Å². The second-order valence-electron chi connectivity index (χ2n) is 7.74. The maximum atomic E-state index is 8.19. The molecule has 6 nitrogen and oxygen atoms in total. The third kappa shape index (κ3) is 6.66. The van der Waals surface area contributed by atoms with E-state index in [4.69, 9.17) is 19.6 Å². The van der Waals surface area contributed by atoms with Crippen LogP contribution in [0.3, 0.4) is 0 Å². The number of aromatic nitrogens is 2. The van der Waals surface area contributed by atoms with Gasteiger partial charge in [0.1, 0.15) is 18.2 Å². The van der Waals surface area contributed by atoms with Crippen molar-refractivity contribution in [3.63, 3.8) is 0 Å². The number of nitriles is 1. The topological polar surface area (TPSA) is 69.3 Å². The number of pyridine rings is 1. The van der Waals surface area contributed by atoms with Crippen molar-refractivity contribution in [1.29, 1.82) is 5.26 Å². The zero-order chi connectivity index (χ0) is 22.7. The number of fused-ring (bicyclic) bond motifs is 1. The number of nitrogens with zero attached hydrogens (tertiary/aromatic N) is 3. The fraction of sp³-hybridized carbons (Fsp3) is 0.259. The molecule has 1 aliphatic heterocycles. The quantitative estimate of drug-likeness (QED) is 0.400. The molecule has 1 atom stereocenters. The molecule has 1 fully saturated rings. The average Bonchev–Trinajstić information content (AvgIpc) is 3.54. The summed E-state index contributed by atoms with van der Waals surface area (Å²) in [5.41, 5.74) is 4.16. The molecule has 2 aromatic carbocycles. The summed E-state index contributed by atoms with van der Waals surface area (Å²) in [6.07, 6.45) is 5.64. The molecule has 0 saturated carbocycles. The summed E-state index contributed by atoms with van der Waals surface area (Å²) in [6.45, 7) is 2.37. The Kier molecular flexibility index (Phi) is 8.07. The minimum atomic E-state index is -0.0972. The van der Waals surface area contributed by atoms with Crippen molar-refractivity contribution in [2.75, 3.05) is 6.61 Å². The van der Waals surface area contributed by atoms with Gasteiger partial charge in [-0.25, -0.2) is 0 Å². The molecule has 0 radical (unpaired) electrons. The first kappa shape index (κ1) is 22.5. The van der Waals surface area contributed by atoms with E-state index in [1.807, 2.05) is 79.1 Å². The zero-order valence-electron chi connectivity index (χ0n) is 18.5. The van der Waals surface area contributed by atoms with Gasteiger partial charge in [-0.05, 0) is 36.1 Å². The monoisotopic (exact) mass is 441 g/mol. The van der Waals surface area contributed by atoms with Crippen LogP contribution in [0.2, 0.25) is 0 Å². The van der Waals surface area contributed by atoms with Crippen LogP contribution in [0.1, 0.15) is 29.7 Å². The lowest BCUT2D eigenvalue weighted by atomic mass is 10.2. The van der Waals surface area contributed by atoms with Crippen LogP contribution in [0.5, 0.6) is 0 Å². The summed E-state index contributed by atoms with van der Waals surface area (Å²) in [5, 5.41) is 9.28. The van der Waals surface area contributed by atoms with E-state index in [1.165, 1.54) is 0 Å². The first-order valence-electron chi connectivity index (χ1n) is 11.1. The normalized spacial score (nSPS) is 14.9. The summed E-state index contributed by atoms with van der Waals surface area (Å²) >= 11 is 0. The third-order valence-electron chi connectivity index (χ3n) is 5.25. The van der Waals surface area contributed by atoms with Gasteiger partial charge in [-0.1, -0.05) is 60.7 Å². The fourth-order valence-electron chi connectivity index (χ4n) is 3.49. The molecule has 0 amide bonds. The van der Waals surface area contributed by atoms with Gasteiger partial charge in [0.25, 0.3) is 0 Å². The second-order valence-corrected chi connectivity index (χ2v) is 7.74. The Morgan fingerprint density at radius 1 is 0.970 bits per heavy atom. The highest BCUT2D eigenvalue weighted by atomic mass is 16.7. The largest absolute Gasteiger partial charge is 0.409 e. The van der Waals surface area contributed by atoms with Crippen molar-refractivity contribution in [2.45, 2.75) is 38.8 Å². The predicted octanol–water partition coefficient (Wildman–Crippen LogP) is 5.07. The molecule has 0 spiro atoms. The van der Waals surface area contributed by atoms with Gasteiger partial charge in [0.05, 0.1) is 31.2 Å². The molecule has 168 valence electrons. The SMILES string of the molecule is N#CC1CCCO1.c1ccc(COCc2cc3ccn(OCc4ccccc4)c3cn2)cc1. The Balaban J connectivity index is 0.000000318. The van der Waals surface area contributed by atoms with Gasteiger partial charge in [0.2, 0.25) is 0 Å². The molecule has 1 aliphatic rings. The van der Waals surface area contributed by atoms with Gasteiger partial charge in [0.15, 0.2) is 0 Å². The molecule has 6 heteroatoms. The molecule has 0 N–H and O–H groups in total. The highest BCUT2D eigenvalue weighted by Crippen LogP contribution is 2.16. The first-order chi connectivity index (χ1) is 16.3. The Morgan fingerprint density at radius 3 is 2.33 bits per heavy atom. The Hall–Kier alpha value is -3.66. The van der Waals surface area contributed by atoms with Crippen LogP contribution in [0.25, 0.3) is 10.9 Å². The van der Waals surface area contributed by atoms with E-state index in [0.717, 1.165) is 47.2 Å². The minimum Gasteiger partial charge on any atom is -0.409 e. The summed E-state index contributed by atoms with van der Waals surface area (Å²) < 4.78 is 12.5. The van der Waals surface area contributed by atoms with Gasteiger partial charge in [-0.2, -0.15) is 9.99 Å². The van der Waals surface area contributed by atoms with Crippen LogP contribution in [-0.2, 0) is 29.3 Å². The van der Waals surface area contributed by atoms with Crippen LogP contribution in [-0.4, -0.2) is 22.4 Å². The van der Waals surface area contributed by atoms with Crippen LogP contribution in [0.4, 0.5) is 0 Å². The minimum absolute atomic E-state index is 0.0972. The van der Waals surface area contributed by atoms with Crippen LogP contribution in [0.15, 0.2) is 85.2 Å². The molecular formula is C27H27N3O3. The highest BCUT2D eigenvalue weighted by Gasteiger charge is 2.12. The van der Waals surface area contributed by atoms with E-state index in [0.29, 0.717) is 19.8 Å². The van der Waals surface area contributed by atoms with Crippen LogP contribution >= 0.6 is 0 Å². The molecule has 0 bridgehead atoms. The summed E-state index contributed by atoms with van der Waals surface area (Å²) in [6, 6.07) is 26.4. The van der Waals surface area contributed by atoms with Crippen molar-refractivity contribution in [1.82, 2.24) is 9.71 Å². The van der Waals surface area contributed by atoms with Crippen molar-refractivity contribution in [3.05, 3.63) is 102 Å². The molecule has 3 heterocycles. The smallest absolute Gasteiger partial charge is 0.144 e. The van der Waals surface area contributed by atoms with Crippen molar-refractivity contribution in [2.24, 2.45) is 0 Å². The van der Waals surface area contributed by atoms with E-state index in [1.54, 1.807) is 4.73 Å². The van der Waals surface area contributed by atoms with Gasteiger partial charge < -0.3 is 14.3 Å². The molecular weight excluding hydrogens is 414 g/mol. The predicted molar refractivity (Wildman–Crippen MR) is 126 cm³/mol. The first-order valence-corrected chi connectivity index (χ1v) is 11.1. The van der Waals surface area contributed by atoms with Gasteiger partial charge in [-0.15, -0.1) is 0 Å². The Morgan fingerprint density at radius 2 is 1.70 bits per heavy atom. The van der Waals surface area contributed by atoms with Crippen molar-refractivity contribution in [3.8, 4) is 6.07 Å². The maximum Gasteiger partial charge on any atom is 0.144 e. The number of hydrogen-bond acceptors (Lipinski definition) is 5. The van der Waals surface area contributed by atoms with Crippen LogP contribution < -0.4 is 4.84 Å². The summed E-state index contributed by atoms with van der Waals surface area (Å²) in [7, 11) is 0. The van der Waals surface area contributed by atoms with Crippen LogP contribution in [0, 0.1) is 11.3 Å². The number of ether oxygens (including phenoxy) is 2. The average molecular weight is 442 g/mol. The lowest BCUT2D eigenvalue weighted by molar-refractivity contribution is 0.104. The van der Waals surface area contributed by atoms with E-state index in [2.05, 4.69) is 17.1 Å². The lowest BCUT2D eigenvalue weighted by Crippen LogP contribution is -2.09. The summed E-state index contributed by atoms with van der Waals surface area (Å²) in [4.78, 5) is 10.4. The van der Waals surface area contributed by atoms with Gasteiger partial charge >= 0.3 is 0 Å². The number of hydrogen-bond donors (Lipinski definition) is 0. The van der Waals surface area contributed by atoms with E-state index < -0.39 is 0 Å². The zero-order valence-corrected chi connectivity index (χ0v) is 18.5. The van der Waals surface area contributed by atoms with E-state index in [-0.39, 0.29) is 6.10 Å². The van der Waals surface area contributed by atoms with E-state index >= 15 is 0 Å². The molecule has 33 heavy (non-hydrogen) atoms. The molecule has 1 unspecified atom stereocenters. The Labute approximate surface area is 193 Å². The number of benzene rings is 2. The fourth-order valence-corrected chi connectivity index (χ4v) is 3.49. The molecule has 4 aromatic rings. The molecule has 2 aromatic heterocycles. The molecule has 5 rings (SSSR count). The Bertz CT molecular complexity index is 1160. The maximum absolute atomic E-state index is 8.19. The highest BCUT2D eigenvalue weighted by molar-refractivity contribution is 5.79. The van der Waals surface area contributed by atoms with Crippen molar-refractivity contribution >= 4 is 10.9 Å². The van der Waals surface area contributed by atoms with Gasteiger partial charge in [0, 0.05) is 18.2 Å². The summed E-state index contributed by atoms with van der Waals surface area (Å²) in [5.74, 6) is 0. The molecule has 0 aliphatic carbocycles. The lowest BCUT2D eigenvalue weighted by Gasteiger charge is -2.09. The van der Waals surface area contributed by atoms with Gasteiger partial charge in [-0.3, -0.25) is 4.98 Å². The number of rotatable bonds is 7.